The molecule has 94 valence electrons. The molecule has 0 amide bonds. The minimum absolute atomic E-state index is 0.299. The van der Waals surface area contributed by atoms with Gasteiger partial charge in [0.25, 0.3) is 0 Å². The third-order valence-electron chi connectivity index (χ3n) is 3.20. The first-order chi connectivity index (χ1) is 7.76. The standard InChI is InChI=1S/C11H13F2NO2S/c1-17(15,16)8-4-3-7(12)9(10(8)13)11(14)5-2-6-11/h3-4H,2,5-6,14H2,1H3. The van der Waals surface area contributed by atoms with Crippen molar-refractivity contribution in [1.82, 2.24) is 0 Å². The number of halogens is 2. The maximum Gasteiger partial charge on any atom is 0.178 e. The summed E-state index contributed by atoms with van der Waals surface area (Å²) in [5.41, 5.74) is 4.50. The van der Waals surface area contributed by atoms with Crippen molar-refractivity contribution < 1.29 is 17.2 Å². The van der Waals surface area contributed by atoms with Crippen LogP contribution >= 0.6 is 0 Å². The summed E-state index contributed by atoms with van der Waals surface area (Å²) in [6.45, 7) is 0. The molecular formula is C11H13F2NO2S. The number of nitrogens with two attached hydrogens (primary N) is 1. The van der Waals surface area contributed by atoms with E-state index in [0.717, 1.165) is 24.8 Å². The SMILES string of the molecule is CS(=O)(=O)c1ccc(F)c(C2(N)CCC2)c1F. The van der Waals surface area contributed by atoms with Crippen molar-refractivity contribution in [3.8, 4) is 0 Å². The highest BCUT2D eigenvalue weighted by molar-refractivity contribution is 7.90. The van der Waals surface area contributed by atoms with Gasteiger partial charge in [-0.3, -0.25) is 0 Å². The van der Waals surface area contributed by atoms with Crippen LogP contribution in [0.5, 0.6) is 0 Å². The third-order valence-corrected chi connectivity index (χ3v) is 4.31. The first-order valence-corrected chi connectivity index (χ1v) is 7.12. The number of hydrogen-bond donors (Lipinski definition) is 1. The van der Waals surface area contributed by atoms with Gasteiger partial charge in [0.15, 0.2) is 9.84 Å². The number of rotatable bonds is 2. The Labute approximate surface area is 98.5 Å². The van der Waals surface area contributed by atoms with Crippen molar-refractivity contribution in [2.45, 2.75) is 29.7 Å². The molecule has 3 nitrogen and oxygen atoms in total. The van der Waals surface area contributed by atoms with Gasteiger partial charge in [0.1, 0.15) is 16.5 Å². The van der Waals surface area contributed by atoms with E-state index < -0.39 is 31.9 Å². The lowest BCUT2D eigenvalue weighted by Gasteiger charge is -2.39. The van der Waals surface area contributed by atoms with Crippen LogP contribution in [0, 0.1) is 11.6 Å². The van der Waals surface area contributed by atoms with E-state index >= 15 is 0 Å². The second kappa shape index (κ2) is 3.74. The molecule has 1 aliphatic rings. The molecule has 1 aromatic carbocycles. The third kappa shape index (κ3) is 1.95. The molecule has 0 aromatic heterocycles. The van der Waals surface area contributed by atoms with Gasteiger partial charge in [0.05, 0.1) is 0 Å². The molecule has 0 unspecified atom stereocenters. The quantitative estimate of drug-likeness (QED) is 0.824. The van der Waals surface area contributed by atoms with Crippen molar-refractivity contribution in [1.29, 1.82) is 0 Å². The molecule has 2 rings (SSSR count). The van der Waals surface area contributed by atoms with E-state index in [1.165, 1.54) is 0 Å². The van der Waals surface area contributed by atoms with Crippen molar-refractivity contribution >= 4 is 9.84 Å². The van der Waals surface area contributed by atoms with Crippen molar-refractivity contribution in [2.75, 3.05) is 6.26 Å². The lowest BCUT2D eigenvalue weighted by molar-refractivity contribution is 0.234. The molecule has 0 bridgehead atoms. The molecule has 2 N–H and O–H groups in total. The molecule has 0 aliphatic heterocycles. The largest absolute Gasteiger partial charge is 0.321 e. The smallest absolute Gasteiger partial charge is 0.178 e. The lowest BCUT2D eigenvalue weighted by atomic mass is 9.72. The zero-order valence-electron chi connectivity index (χ0n) is 9.33. The van der Waals surface area contributed by atoms with Crippen LogP contribution in [0.3, 0.4) is 0 Å². The Morgan fingerprint density at radius 2 is 1.88 bits per heavy atom. The van der Waals surface area contributed by atoms with Crippen LogP contribution in [0.2, 0.25) is 0 Å². The van der Waals surface area contributed by atoms with Gasteiger partial charge >= 0.3 is 0 Å². The van der Waals surface area contributed by atoms with Gasteiger partial charge in [-0.2, -0.15) is 0 Å². The van der Waals surface area contributed by atoms with Gasteiger partial charge in [0, 0.05) is 17.4 Å². The van der Waals surface area contributed by atoms with Crippen molar-refractivity contribution in [3.05, 3.63) is 29.3 Å². The summed E-state index contributed by atoms with van der Waals surface area (Å²) >= 11 is 0. The van der Waals surface area contributed by atoms with Gasteiger partial charge in [0.2, 0.25) is 0 Å². The summed E-state index contributed by atoms with van der Waals surface area (Å²) in [4.78, 5) is -0.495. The zero-order chi connectivity index (χ0) is 12.8. The van der Waals surface area contributed by atoms with E-state index in [1.54, 1.807) is 0 Å². The Hall–Kier alpha value is -1.01. The Morgan fingerprint density at radius 1 is 1.29 bits per heavy atom. The predicted molar refractivity (Wildman–Crippen MR) is 59.2 cm³/mol. The molecule has 6 heteroatoms. The van der Waals surface area contributed by atoms with E-state index in [0.29, 0.717) is 12.8 Å². The van der Waals surface area contributed by atoms with Crippen LogP contribution in [-0.4, -0.2) is 14.7 Å². The van der Waals surface area contributed by atoms with Crippen molar-refractivity contribution in [3.63, 3.8) is 0 Å². The molecule has 0 spiro atoms. The van der Waals surface area contributed by atoms with Crippen molar-refractivity contribution in [2.24, 2.45) is 5.73 Å². The Kier molecular flexibility index (Phi) is 2.74. The summed E-state index contributed by atoms with van der Waals surface area (Å²) < 4.78 is 50.4. The fourth-order valence-electron chi connectivity index (χ4n) is 2.08. The fraction of sp³-hybridized carbons (Fsp3) is 0.455. The maximum atomic E-state index is 14.0. The Morgan fingerprint density at radius 3 is 2.29 bits per heavy atom. The monoisotopic (exact) mass is 261 g/mol. The van der Waals surface area contributed by atoms with Crippen LogP contribution in [-0.2, 0) is 15.4 Å². The molecular weight excluding hydrogens is 248 g/mol. The molecule has 1 fully saturated rings. The molecule has 0 heterocycles. The molecule has 17 heavy (non-hydrogen) atoms. The summed E-state index contributed by atoms with van der Waals surface area (Å²) in [5, 5.41) is 0. The summed E-state index contributed by atoms with van der Waals surface area (Å²) in [6, 6.07) is 1.90. The minimum atomic E-state index is -3.71. The zero-order valence-corrected chi connectivity index (χ0v) is 10.2. The average molecular weight is 261 g/mol. The maximum absolute atomic E-state index is 14.0. The molecule has 0 saturated heterocycles. The number of hydrogen-bond acceptors (Lipinski definition) is 3. The van der Waals surface area contributed by atoms with Gasteiger partial charge in [-0.1, -0.05) is 0 Å². The molecule has 1 aromatic rings. The number of benzene rings is 1. The Balaban J connectivity index is 2.67. The van der Waals surface area contributed by atoms with Crippen LogP contribution in [0.4, 0.5) is 8.78 Å². The van der Waals surface area contributed by atoms with Gasteiger partial charge in [-0.05, 0) is 31.4 Å². The second-order valence-electron chi connectivity index (χ2n) is 4.52. The summed E-state index contributed by atoms with van der Waals surface area (Å²) in [5.74, 6) is -1.83. The Bertz CT molecular complexity index is 565. The fourth-order valence-corrected chi connectivity index (χ4v) is 2.83. The highest BCUT2D eigenvalue weighted by Gasteiger charge is 2.40. The van der Waals surface area contributed by atoms with E-state index in [1.807, 2.05) is 0 Å². The summed E-state index contributed by atoms with van der Waals surface area (Å²) in [6.07, 6.45) is 2.61. The first-order valence-electron chi connectivity index (χ1n) is 5.23. The average Bonchev–Trinajstić information content (AvgIpc) is 2.12. The van der Waals surface area contributed by atoms with E-state index in [9.17, 15) is 17.2 Å². The van der Waals surface area contributed by atoms with E-state index in [2.05, 4.69) is 0 Å². The van der Waals surface area contributed by atoms with Crippen LogP contribution < -0.4 is 5.73 Å². The first kappa shape index (κ1) is 12.4. The van der Waals surface area contributed by atoms with Gasteiger partial charge in [-0.25, -0.2) is 17.2 Å². The second-order valence-corrected chi connectivity index (χ2v) is 6.50. The highest BCUT2D eigenvalue weighted by atomic mass is 32.2. The van der Waals surface area contributed by atoms with Gasteiger partial charge in [-0.15, -0.1) is 0 Å². The molecule has 0 radical (unpaired) electrons. The topological polar surface area (TPSA) is 60.2 Å². The lowest BCUT2D eigenvalue weighted by Crippen LogP contribution is -2.45. The predicted octanol–water partition coefficient (Wildman–Crippen LogP) is 1.71. The summed E-state index contributed by atoms with van der Waals surface area (Å²) in [7, 11) is -3.71. The molecule has 1 saturated carbocycles. The molecule has 0 atom stereocenters. The highest BCUT2D eigenvalue weighted by Crippen LogP contribution is 2.42. The molecule has 1 aliphatic carbocycles. The van der Waals surface area contributed by atoms with E-state index in [4.69, 9.17) is 5.73 Å². The van der Waals surface area contributed by atoms with Crippen LogP contribution in [0.25, 0.3) is 0 Å². The minimum Gasteiger partial charge on any atom is -0.321 e. The van der Waals surface area contributed by atoms with E-state index in [-0.39, 0.29) is 5.56 Å². The normalized spacial score (nSPS) is 18.8. The van der Waals surface area contributed by atoms with Gasteiger partial charge < -0.3 is 5.73 Å². The number of sulfone groups is 1. The van der Waals surface area contributed by atoms with Crippen LogP contribution in [0.1, 0.15) is 24.8 Å². The van der Waals surface area contributed by atoms with Crippen LogP contribution in [0.15, 0.2) is 17.0 Å².